The van der Waals surface area contributed by atoms with Gasteiger partial charge in [0.05, 0.1) is 26.4 Å². The summed E-state index contributed by atoms with van der Waals surface area (Å²) in [6.45, 7) is 1.73. The zero-order valence-electron chi connectivity index (χ0n) is 5.21. The highest BCUT2D eigenvalue weighted by atomic mass is 16.6. The molecule has 0 fully saturated rings. The Morgan fingerprint density at radius 1 is 0.778 bits per heavy atom. The van der Waals surface area contributed by atoms with E-state index in [9.17, 15) is 0 Å². The molecule has 56 valence electrons. The number of hydrogen-bond acceptors (Lipinski definition) is 5. The molecule has 0 aromatic rings. The van der Waals surface area contributed by atoms with Crippen LogP contribution in [0.2, 0.25) is 0 Å². The van der Waals surface area contributed by atoms with Crippen molar-refractivity contribution in [2.24, 2.45) is 11.8 Å². The van der Waals surface area contributed by atoms with Gasteiger partial charge in [0, 0.05) is 0 Å². The Hall–Kier alpha value is -0.200. The van der Waals surface area contributed by atoms with E-state index in [1.54, 1.807) is 0 Å². The Bertz CT molecular complexity index is 47.1. The summed E-state index contributed by atoms with van der Waals surface area (Å²) in [5.41, 5.74) is 0. The van der Waals surface area contributed by atoms with Crippen molar-refractivity contribution in [2.45, 2.75) is 0 Å². The van der Waals surface area contributed by atoms with Crippen molar-refractivity contribution in [3.8, 4) is 0 Å². The number of ether oxygens (including phenoxy) is 1. The smallest absolute Gasteiger partial charge is 0.0913 e. The highest BCUT2D eigenvalue weighted by Gasteiger charge is 1.85. The number of nitrogens with two attached hydrogens (primary N) is 2. The van der Waals surface area contributed by atoms with Crippen LogP contribution >= 0.6 is 0 Å². The Kier molecular flexibility index (Phi) is 7.63. The van der Waals surface area contributed by atoms with Crippen molar-refractivity contribution >= 4 is 0 Å². The topological polar surface area (TPSA) is 79.7 Å². The van der Waals surface area contributed by atoms with Gasteiger partial charge in [0.1, 0.15) is 0 Å². The summed E-state index contributed by atoms with van der Waals surface area (Å²) in [5, 5.41) is 0. The summed E-state index contributed by atoms with van der Waals surface area (Å²) in [5.74, 6) is 9.41. The van der Waals surface area contributed by atoms with E-state index in [1.807, 2.05) is 0 Å². The monoisotopic (exact) mass is 136 g/mol. The molecular formula is C4H12N2O3. The Balaban J connectivity index is 2.60. The minimum absolute atomic E-state index is 0.393. The van der Waals surface area contributed by atoms with Crippen molar-refractivity contribution in [1.82, 2.24) is 0 Å². The second kappa shape index (κ2) is 7.80. The number of hydrogen-bond donors (Lipinski definition) is 2. The minimum Gasteiger partial charge on any atom is -0.377 e. The molecule has 0 atom stereocenters. The third-order valence-electron chi connectivity index (χ3n) is 0.691. The molecule has 5 heteroatoms. The lowest BCUT2D eigenvalue weighted by Gasteiger charge is -1.99. The lowest BCUT2D eigenvalue weighted by atomic mass is 10.7. The summed E-state index contributed by atoms with van der Waals surface area (Å²) in [7, 11) is 0. The molecule has 0 rings (SSSR count). The van der Waals surface area contributed by atoms with Crippen molar-refractivity contribution in [1.29, 1.82) is 0 Å². The van der Waals surface area contributed by atoms with Crippen LogP contribution in [0.1, 0.15) is 0 Å². The summed E-state index contributed by atoms with van der Waals surface area (Å²) in [4.78, 5) is 8.45. The van der Waals surface area contributed by atoms with Gasteiger partial charge in [0.15, 0.2) is 0 Å². The van der Waals surface area contributed by atoms with E-state index < -0.39 is 0 Å². The molecule has 5 nitrogen and oxygen atoms in total. The predicted octanol–water partition coefficient (Wildman–Crippen LogP) is -1.22. The number of rotatable bonds is 6. The van der Waals surface area contributed by atoms with Crippen LogP contribution in [0.3, 0.4) is 0 Å². The SMILES string of the molecule is NOCCOCCON. The van der Waals surface area contributed by atoms with E-state index >= 15 is 0 Å². The van der Waals surface area contributed by atoms with Crippen LogP contribution in [0.4, 0.5) is 0 Å². The van der Waals surface area contributed by atoms with Crippen LogP contribution in [0.5, 0.6) is 0 Å². The van der Waals surface area contributed by atoms with E-state index in [1.165, 1.54) is 0 Å². The normalized spacial score (nSPS) is 10.0. The lowest BCUT2D eigenvalue weighted by Crippen LogP contribution is -2.12. The Labute approximate surface area is 53.8 Å². The van der Waals surface area contributed by atoms with Crippen LogP contribution in [-0.2, 0) is 14.4 Å². The van der Waals surface area contributed by atoms with Gasteiger partial charge in [0.25, 0.3) is 0 Å². The third-order valence-corrected chi connectivity index (χ3v) is 0.691. The van der Waals surface area contributed by atoms with Gasteiger partial charge in [-0.05, 0) is 0 Å². The van der Waals surface area contributed by atoms with Crippen molar-refractivity contribution in [3.05, 3.63) is 0 Å². The first kappa shape index (κ1) is 8.80. The summed E-state index contributed by atoms with van der Waals surface area (Å²) in [6.07, 6.45) is 0. The van der Waals surface area contributed by atoms with Crippen LogP contribution < -0.4 is 11.8 Å². The van der Waals surface area contributed by atoms with Crippen LogP contribution in [0, 0.1) is 0 Å². The first-order valence-corrected chi connectivity index (χ1v) is 2.63. The average molecular weight is 136 g/mol. The highest BCUT2D eigenvalue weighted by Crippen LogP contribution is 1.73. The van der Waals surface area contributed by atoms with Crippen LogP contribution in [-0.4, -0.2) is 26.4 Å². The summed E-state index contributed by atoms with van der Waals surface area (Å²) in [6, 6.07) is 0. The molecule has 0 aliphatic rings. The van der Waals surface area contributed by atoms with Gasteiger partial charge in [-0.25, -0.2) is 11.8 Å². The third kappa shape index (κ3) is 7.80. The molecule has 0 bridgehead atoms. The fourth-order valence-electron chi connectivity index (χ4n) is 0.316. The molecule has 0 radical (unpaired) electrons. The van der Waals surface area contributed by atoms with E-state index in [0.717, 1.165) is 0 Å². The quantitative estimate of drug-likeness (QED) is 0.353. The molecule has 0 unspecified atom stereocenters. The molecule has 0 spiro atoms. The van der Waals surface area contributed by atoms with Gasteiger partial charge < -0.3 is 14.4 Å². The van der Waals surface area contributed by atoms with Crippen LogP contribution in [0.25, 0.3) is 0 Å². The maximum absolute atomic E-state index is 4.90. The second-order valence-electron chi connectivity index (χ2n) is 1.35. The fourth-order valence-corrected chi connectivity index (χ4v) is 0.316. The van der Waals surface area contributed by atoms with E-state index in [-0.39, 0.29) is 0 Å². The first-order valence-electron chi connectivity index (χ1n) is 2.63. The first-order chi connectivity index (χ1) is 4.41. The average Bonchev–Trinajstić information content (AvgIpc) is 1.89. The van der Waals surface area contributed by atoms with Gasteiger partial charge in [-0.2, -0.15) is 0 Å². The molecule has 9 heavy (non-hydrogen) atoms. The van der Waals surface area contributed by atoms with E-state index in [2.05, 4.69) is 9.68 Å². The molecule has 0 aromatic carbocycles. The van der Waals surface area contributed by atoms with Gasteiger partial charge >= 0.3 is 0 Å². The Morgan fingerprint density at radius 2 is 1.22 bits per heavy atom. The summed E-state index contributed by atoms with van der Waals surface area (Å²) >= 11 is 0. The maximum Gasteiger partial charge on any atom is 0.0913 e. The second-order valence-corrected chi connectivity index (χ2v) is 1.35. The van der Waals surface area contributed by atoms with Gasteiger partial charge in [-0.3, -0.25) is 0 Å². The van der Waals surface area contributed by atoms with Gasteiger partial charge in [0.2, 0.25) is 0 Å². The van der Waals surface area contributed by atoms with Crippen LogP contribution in [0.15, 0.2) is 0 Å². The van der Waals surface area contributed by atoms with E-state index in [0.29, 0.717) is 26.4 Å². The highest BCUT2D eigenvalue weighted by molar-refractivity contribution is 4.27. The van der Waals surface area contributed by atoms with Gasteiger partial charge in [-0.1, -0.05) is 0 Å². The maximum atomic E-state index is 4.90. The molecular weight excluding hydrogens is 124 g/mol. The predicted molar refractivity (Wildman–Crippen MR) is 31.1 cm³/mol. The molecule has 0 aromatic heterocycles. The van der Waals surface area contributed by atoms with Crippen molar-refractivity contribution in [2.75, 3.05) is 26.4 Å². The molecule has 4 N–H and O–H groups in total. The summed E-state index contributed by atoms with van der Waals surface area (Å²) < 4.78 is 4.90. The van der Waals surface area contributed by atoms with Gasteiger partial charge in [-0.15, -0.1) is 0 Å². The Morgan fingerprint density at radius 3 is 1.56 bits per heavy atom. The molecule has 0 aliphatic heterocycles. The molecule has 0 aliphatic carbocycles. The van der Waals surface area contributed by atoms with Crippen molar-refractivity contribution in [3.63, 3.8) is 0 Å². The molecule has 0 saturated heterocycles. The standard InChI is InChI=1S/C4H12N2O3/c5-8-3-1-7-2-4-9-6/h1-6H2. The largest absolute Gasteiger partial charge is 0.377 e. The zero-order chi connectivity index (χ0) is 6.95. The molecule has 0 heterocycles. The van der Waals surface area contributed by atoms with Crippen molar-refractivity contribution < 1.29 is 14.4 Å². The lowest BCUT2D eigenvalue weighted by molar-refractivity contribution is 0.0140. The minimum atomic E-state index is 0.393. The van der Waals surface area contributed by atoms with E-state index in [4.69, 9.17) is 16.5 Å². The molecule has 0 amide bonds. The fraction of sp³-hybridized carbons (Fsp3) is 1.00. The zero-order valence-corrected chi connectivity index (χ0v) is 5.21. The molecule has 0 saturated carbocycles.